The fraction of sp³-hybridized carbons (Fsp3) is 0.214. The number of carbonyl (C=O) groups excluding carboxylic acids is 2. The smallest absolute Gasteiger partial charge is 0.315 e. The van der Waals surface area contributed by atoms with E-state index in [1.54, 1.807) is 38.2 Å². The van der Waals surface area contributed by atoms with Crippen molar-refractivity contribution in [3.8, 4) is 0 Å². The molecule has 40 heavy (non-hydrogen) atoms. The lowest BCUT2D eigenvalue weighted by Gasteiger charge is -2.18. The number of benzene rings is 3. The molecule has 3 aromatic rings. The molecule has 1 amide bonds. The number of sulfonamides is 1. The summed E-state index contributed by atoms with van der Waals surface area (Å²) in [6.07, 6.45) is -0.377. The topological polar surface area (TPSA) is 130 Å². The van der Waals surface area contributed by atoms with Gasteiger partial charge in [0.15, 0.2) is 0 Å². The molecule has 3 aromatic carbocycles. The quantitative estimate of drug-likeness (QED) is 0.178. The zero-order valence-electron chi connectivity index (χ0n) is 21.9. The molecule has 1 aliphatic heterocycles. The molecule has 0 saturated carbocycles. The predicted molar refractivity (Wildman–Crippen MR) is 154 cm³/mol. The largest absolute Gasteiger partial charge is 0.466 e. The number of hydrazone groups is 1. The molecular formula is C28H28ClN5O5S. The summed E-state index contributed by atoms with van der Waals surface area (Å²) in [5, 5.41) is 12.2. The Morgan fingerprint density at radius 1 is 1.05 bits per heavy atom. The van der Waals surface area contributed by atoms with E-state index in [1.807, 2.05) is 30.3 Å². The Labute approximate surface area is 237 Å². The molecule has 4 rings (SSSR count). The molecule has 0 aromatic heterocycles. The van der Waals surface area contributed by atoms with Gasteiger partial charge in [-0.05, 0) is 54.4 Å². The van der Waals surface area contributed by atoms with E-state index in [0.717, 1.165) is 11.1 Å². The summed E-state index contributed by atoms with van der Waals surface area (Å²) in [6.45, 7) is 2.22. The highest BCUT2D eigenvalue weighted by Crippen LogP contribution is 2.30. The van der Waals surface area contributed by atoms with E-state index in [9.17, 15) is 18.0 Å². The number of halogens is 1. The van der Waals surface area contributed by atoms with Crippen molar-refractivity contribution < 1.29 is 22.7 Å². The summed E-state index contributed by atoms with van der Waals surface area (Å²) < 4.78 is 34.8. The second kappa shape index (κ2) is 12.8. The van der Waals surface area contributed by atoms with Crippen LogP contribution >= 0.6 is 11.6 Å². The number of carbonyl (C=O) groups is 2. The maximum atomic E-state index is 13.0. The van der Waals surface area contributed by atoms with E-state index in [0.29, 0.717) is 23.0 Å². The van der Waals surface area contributed by atoms with Crippen molar-refractivity contribution in [3.05, 3.63) is 95.0 Å². The fourth-order valence-corrected chi connectivity index (χ4v) is 5.23. The lowest BCUT2D eigenvalue weighted by atomic mass is 9.90. The number of hydrogen-bond acceptors (Lipinski definition) is 6. The van der Waals surface area contributed by atoms with Crippen molar-refractivity contribution in [1.29, 1.82) is 0 Å². The Hall–Kier alpha value is -4.22. The average molecular weight is 582 g/mol. The number of anilines is 1. The Morgan fingerprint density at radius 2 is 1.73 bits per heavy atom. The minimum absolute atomic E-state index is 0.00764. The number of esters is 1. The van der Waals surface area contributed by atoms with Crippen LogP contribution in [0.4, 0.5) is 5.69 Å². The minimum atomic E-state index is -4.04. The third-order valence-electron chi connectivity index (χ3n) is 5.98. The second-order valence-corrected chi connectivity index (χ2v) is 10.8. The Balaban J connectivity index is 1.62. The van der Waals surface area contributed by atoms with Crippen molar-refractivity contribution in [2.24, 2.45) is 9.50 Å². The molecule has 0 saturated heterocycles. The van der Waals surface area contributed by atoms with Crippen molar-refractivity contribution in [3.63, 3.8) is 0 Å². The monoisotopic (exact) mass is 581 g/mol. The van der Waals surface area contributed by atoms with Gasteiger partial charge in [0, 0.05) is 23.7 Å². The van der Waals surface area contributed by atoms with Crippen LogP contribution < -0.4 is 10.6 Å². The molecular weight excluding hydrogens is 554 g/mol. The number of hydrogen-bond donors (Lipinski definition) is 2. The summed E-state index contributed by atoms with van der Waals surface area (Å²) in [5.41, 5.74) is 2.97. The standard InChI is InChI=1S/C28H28ClN5O5S/c1-3-39-26(36)17-25(35)31-22-13-9-20(10-14-22)27-24(19-7-5-4-6-8-19)18-34(32-27)28(30-2)33-40(37,38)23-15-11-21(29)12-16-23/h4-16,24H,3,17-18H2,1-2H3,(H,30,33)(H,31,35). The van der Waals surface area contributed by atoms with Crippen LogP contribution in [-0.4, -0.2) is 57.2 Å². The van der Waals surface area contributed by atoms with Crippen LogP contribution in [0.25, 0.3) is 0 Å². The van der Waals surface area contributed by atoms with Gasteiger partial charge >= 0.3 is 5.97 Å². The summed E-state index contributed by atoms with van der Waals surface area (Å²) >= 11 is 5.90. The first-order valence-electron chi connectivity index (χ1n) is 12.5. The van der Waals surface area contributed by atoms with E-state index >= 15 is 0 Å². The van der Waals surface area contributed by atoms with E-state index in [4.69, 9.17) is 21.4 Å². The molecule has 0 aliphatic carbocycles. The van der Waals surface area contributed by atoms with Gasteiger partial charge in [-0.2, -0.15) is 13.5 Å². The maximum absolute atomic E-state index is 13.0. The second-order valence-electron chi connectivity index (χ2n) is 8.73. The van der Waals surface area contributed by atoms with Crippen LogP contribution in [0.15, 0.2) is 93.3 Å². The Bertz CT molecular complexity index is 1530. The van der Waals surface area contributed by atoms with E-state index in [2.05, 4.69) is 15.0 Å². The van der Waals surface area contributed by atoms with Gasteiger partial charge in [0.25, 0.3) is 10.0 Å². The fourth-order valence-electron chi connectivity index (χ4n) is 4.11. The van der Waals surface area contributed by atoms with Crippen molar-refractivity contribution in [2.45, 2.75) is 24.2 Å². The van der Waals surface area contributed by atoms with Gasteiger partial charge in [-0.1, -0.05) is 54.1 Å². The van der Waals surface area contributed by atoms with E-state index in [-0.39, 0.29) is 29.8 Å². The van der Waals surface area contributed by atoms with Gasteiger partial charge in [0.2, 0.25) is 11.9 Å². The summed E-state index contributed by atoms with van der Waals surface area (Å²) in [4.78, 5) is 23.7. The molecule has 0 spiro atoms. The third-order valence-corrected chi connectivity index (χ3v) is 7.51. The highest BCUT2D eigenvalue weighted by molar-refractivity contribution is 7.90. The zero-order valence-corrected chi connectivity index (χ0v) is 23.4. The van der Waals surface area contributed by atoms with E-state index < -0.39 is 21.9 Å². The molecule has 208 valence electrons. The summed E-state index contributed by atoms with van der Waals surface area (Å²) in [7, 11) is -2.46. The predicted octanol–water partition coefficient (Wildman–Crippen LogP) is 4.00. The average Bonchev–Trinajstić information content (AvgIpc) is 3.38. The Morgan fingerprint density at radius 3 is 2.35 bits per heavy atom. The van der Waals surface area contributed by atoms with Crippen molar-refractivity contribution >= 4 is 50.9 Å². The number of ether oxygens (including phenoxy) is 1. The first kappa shape index (κ1) is 28.8. The van der Waals surface area contributed by atoms with E-state index in [1.165, 1.54) is 29.3 Å². The molecule has 2 N–H and O–H groups in total. The molecule has 0 fully saturated rings. The number of guanidine groups is 1. The molecule has 1 aliphatic rings. The van der Waals surface area contributed by atoms with Crippen LogP contribution in [0, 0.1) is 0 Å². The van der Waals surface area contributed by atoms with Crippen LogP contribution in [-0.2, 0) is 24.3 Å². The lowest BCUT2D eigenvalue weighted by molar-refractivity contribution is -0.145. The number of rotatable bonds is 8. The summed E-state index contributed by atoms with van der Waals surface area (Å²) in [6, 6.07) is 22.5. The number of nitrogens with one attached hydrogen (secondary N) is 2. The van der Waals surface area contributed by atoms with Crippen LogP contribution in [0.5, 0.6) is 0 Å². The van der Waals surface area contributed by atoms with Crippen molar-refractivity contribution in [2.75, 3.05) is 25.5 Å². The first-order valence-corrected chi connectivity index (χ1v) is 14.3. The molecule has 1 atom stereocenters. The van der Waals surface area contributed by atoms with Crippen LogP contribution in [0.1, 0.15) is 30.4 Å². The van der Waals surface area contributed by atoms with Crippen molar-refractivity contribution in [1.82, 2.24) is 10.3 Å². The molecule has 1 unspecified atom stereocenters. The molecule has 12 heteroatoms. The highest BCUT2D eigenvalue weighted by atomic mass is 35.5. The highest BCUT2D eigenvalue weighted by Gasteiger charge is 2.32. The minimum Gasteiger partial charge on any atom is -0.466 e. The van der Waals surface area contributed by atoms with Crippen LogP contribution in [0.3, 0.4) is 0 Å². The van der Waals surface area contributed by atoms with Crippen LogP contribution in [0.2, 0.25) is 5.02 Å². The normalized spacial score (nSPS) is 15.4. The van der Waals surface area contributed by atoms with Gasteiger partial charge in [-0.3, -0.25) is 9.59 Å². The molecule has 1 heterocycles. The van der Waals surface area contributed by atoms with Gasteiger partial charge in [0.05, 0.1) is 23.8 Å². The number of nitrogens with zero attached hydrogens (tertiary/aromatic N) is 3. The molecule has 0 radical (unpaired) electrons. The zero-order chi connectivity index (χ0) is 28.7. The van der Waals surface area contributed by atoms with Gasteiger partial charge in [0.1, 0.15) is 6.42 Å². The van der Waals surface area contributed by atoms with Gasteiger partial charge in [-0.15, -0.1) is 4.40 Å². The first-order chi connectivity index (χ1) is 19.2. The SMILES string of the molecule is CCOC(=O)CC(=O)Nc1ccc(C2=NN(/C(=N/S(=O)(=O)c3ccc(Cl)cc3)NC)CC2c2ccccc2)cc1. The van der Waals surface area contributed by atoms with Gasteiger partial charge in [-0.25, -0.2) is 5.01 Å². The maximum Gasteiger partial charge on any atom is 0.315 e. The third kappa shape index (κ3) is 7.04. The van der Waals surface area contributed by atoms with Gasteiger partial charge < -0.3 is 15.4 Å². The summed E-state index contributed by atoms with van der Waals surface area (Å²) in [5.74, 6) is -1.20. The Kier molecular flexibility index (Phi) is 9.18. The molecule has 10 nitrogen and oxygen atoms in total. The molecule has 0 bridgehead atoms. The lowest BCUT2D eigenvalue weighted by Crippen LogP contribution is -2.36. The number of amides is 1.